The van der Waals surface area contributed by atoms with Gasteiger partial charge < -0.3 is 4.74 Å². The van der Waals surface area contributed by atoms with Gasteiger partial charge >= 0.3 is 0 Å². The molecule has 0 amide bonds. The molecule has 0 N–H and O–H groups in total. The minimum absolute atomic E-state index is 0.699. The average molecular weight is 231 g/mol. The van der Waals surface area contributed by atoms with Gasteiger partial charge in [0.05, 0.1) is 6.61 Å². The van der Waals surface area contributed by atoms with E-state index in [1.54, 1.807) is 0 Å². The van der Waals surface area contributed by atoms with E-state index in [0.717, 1.165) is 25.9 Å². The molecule has 0 saturated carbocycles. The highest BCUT2D eigenvalue weighted by molar-refractivity contribution is 5.51. The molecule has 0 spiro atoms. The van der Waals surface area contributed by atoms with E-state index in [-0.39, 0.29) is 0 Å². The van der Waals surface area contributed by atoms with Gasteiger partial charge in [-0.2, -0.15) is 0 Å². The Morgan fingerprint density at radius 1 is 1.12 bits per heavy atom. The summed E-state index contributed by atoms with van der Waals surface area (Å²) in [6, 6.07) is 6.56. The van der Waals surface area contributed by atoms with Gasteiger partial charge in [0, 0.05) is 6.61 Å². The Bertz CT molecular complexity index is 332. The molecular formula is C16H23O. The molecule has 1 aromatic rings. The van der Waals surface area contributed by atoms with Crippen LogP contribution in [0.5, 0.6) is 0 Å². The molecule has 93 valence electrons. The molecule has 0 aromatic heterocycles. The second-order valence-electron chi connectivity index (χ2n) is 4.46. The summed E-state index contributed by atoms with van der Waals surface area (Å²) < 4.78 is 5.50. The van der Waals surface area contributed by atoms with Crippen LogP contribution in [0.15, 0.2) is 24.3 Å². The lowest BCUT2D eigenvalue weighted by Crippen LogP contribution is -1.93. The van der Waals surface area contributed by atoms with E-state index in [2.05, 4.69) is 51.1 Å². The van der Waals surface area contributed by atoms with Gasteiger partial charge in [-0.1, -0.05) is 61.2 Å². The number of ether oxygens (including phenoxy) is 1. The van der Waals surface area contributed by atoms with Crippen molar-refractivity contribution in [2.45, 2.75) is 33.1 Å². The molecule has 0 saturated heterocycles. The second kappa shape index (κ2) is 8.08. The lowest BCUT2D eigenvalue weighted by molar-refractivity contribution is 0.158. The van der Waals surface area contributed by atoms with Crippen molar-refractivity contribution in [2.75, 3.05) is 13.2 Å². The summed E-state index contributed by atoms with van der Waals surface area (Å²) >= 11 is 0. The Morgan fingerprint density at radius 3 is 2.47 bits per heavy atom. The zero-order chi connectivity index (χ0) is 12.5. The molecule has 0 atom stereocenters. The topological polar surface area (TPSA) is 9.23 Å². The maximum Gasteiger partial charge on any atom is 0.0650 e. The normalized spacial score (nSPS) is 11.2. The van der Waals surface area contributed by atoms with Crippen LogP contribution in [0.2, 0.25) is 0 Å². The first-order valence-electron chi connectivity index (χ1n) is 6.34. The third-order valence-electron chi connectivity index (χ3n) is 2.56. The van der Waals surface area contributed by atoms with E-state index in [1.807, 2.05) is 0 Å². The molecule has 0 aliphatic carbocycles. The molecule has 1 rings (SSSR count). The summed E-state index contributed by atoms with van der Waals surface area (Å²) in [5.74, 6) is 0. The van der Waals surface area contributed by atoms with Gasteiger partial charge in [-0.05, 0) is 25.8 Å². The Hall–Kier alpha value is -1.08. The third-order valence-corrected chi connectivity index (χ3v) is 2.56. The largest absolute Gasteiger partial charge is 0.377 e. The van der Waals surface area contributed by atoms with Gasteiger partial charge in [-0.15, -0.1) is 0 Å². The Morgan fingerprint density at radius 2 is 1.82 bits per heavy atom. The zero-order valence-corrected chi connectivity index (χ0v) is 11.0. The van der Waals surface area contributed by atoms with Gasteiger partial charge in [0.1, 0.15) is 0 Å². The number of hydrogen-bond donors (Lipinski definition) is 0. The van der Waals surface area contributed by atoms with Crippen molar-refractivity contribution in [1.82, 2.24) is 0 Å². The number of rotatable bonds is 7. The summed E-state index contributed by atoms with van der Waals surface area (Å²) in [6.07, 6.45) is 7.48. The smallest absolute Gasteiger partial charge is 0.0650 e. The van der Waals surface area contributed by atoms with Crippen molar-refractivity contribution in [3.05, 3.63) is 47.9 Å². The van der Waals surface area contributed by atoms with Crippen molar-refractivity contribution in [2.24, 2.45) is 0 Å². The first-order chi connectivity index (χ1) is 8.22. The molecule has 1 nitrogen and oxygen atoms in total. The van der Waals surface area contributed by atoms with Crippen LogP contribution >= 0.6 is 0 Å². The highest BCUT2D eigenvalue weighted by Crippen LogP contribution is 2.10. The SMILES string of the molecule is [CH2]CCCCOCC=Cc1cc(C)cc(C)c1. The average Bonchev–Trinajstić information content (AvgIpc) is 2.26. The second-order valence-corrected chi connectivity index (χ2v) is 4.46. The lowest BCUT2D eigenvalue weighted by atomic mass is 10.1. The molecular weight excluding hydrogens is 208 g/mol. The summed E-state index contributed by atoms with van der Waals surface area (Å²) in [4.78, 5) is 0. The highest BCUT2D eigenvalue weighted by atomic mass is 16.5. The van der Waals surface area contributed by atoms with Gasteiger partial charge in [-0.3, -0.25) is 0 Å². The number of hydrogen-bond acceptors (Lipinski definition) is 1. The van der Waals surface area contributed by atoms with E-state index in [1.165, 1.54) is 16.7 Å². The van der Waals surface area contributed by atoms with Gasteiger partial charge in [-0.25, -0.2) is 0 Å². The van der Waals surface area contributed by atoms with E-state index in [4.69, 9.17) is 4.74 Å². The Kier molecular flexibility index (Phi) is 6.64. The highest BCUT2D eigenvalue weighted by Gasteiger charge is 1.91. The summed E-state index contributed by atoms with van der Waals surface area (Å²) in [5.41, 5.74) is 3.87. The number of aryl methyl sites for hydroxylation is 2. The Labute approximate surface area is 106 Å². The van der Waals surface area contributed by atoms with Crippen LogP contribution in [-0.4, -0.2) is 13.2 Å². The molecule has 0 bridgehead atoms. The Balaban J connectivity index is 2.28. The predicted octanol–water partition coefficient (Wildman–Crippen LogP) is 4.34. The molecule has 1 heteroatoms. The zero-order valence-electron chi connectivity index (χ0n) is 11.0. The van der Waals surface area contributed by atoms with E-state index in [0.29, 0.717) is 6.61 Å². The van der Waals surface area contributed by atoms with Crippen LogP contribution in [0.3, 0.4) is 0 Å². The van der Waals surface area contributed by atoms with Gasteiger partial charge in [0.15, 0.2) is 0 Å². The fraction of sp³-hybridized carbons (Fsp3) is 0.438. The van der Waals surface area contributed by atoms with Crippen LogP contribution in [0.4, 0.5) is 0 Å². The van der Waals surface area contributed by atoms with Crippen LogP contribution in [-0.2, 0) is 4.74 Å². The lowest BCUT2D eigenvalue weighted by Gasteiger charge is -2.01. The van der Waals surface area contributed by atoms with Crippen molar-refractivity contribution in [1.29, 1.82) is 0 Å². The molecule has 0 aliphatic rings. The molecule has 0 fully saturated rings. The van der Waals surface area contributed by atoms with Crippen LogP contribution in [0.25, 0.3) is 6.08 Å². The number of unbranched alkanes of at least 4 members (excludes halogenated alkanes) is 2. The van der Waals surface area contributed by atoms with E-state index in [9.17, 15) is 0 Å². The quantitative estimate of drug-likeness (QED) is 0.634. The fourth-order valence-corrected chi connectivity index (χ4v) is 1.82. The molecule has 1 aromatic carbocycles. The van der Waals surface area contributed by atoms with Crippen molar-refractivity contribution < 1.29 is 4.74 Å². The maximum atomic E-state index is 5.50. The summed E-state index contributed by atoms with van der Waals surface area (Å²) in [5, 5.41) is 0. The maximum absolute atomic E-state index is 5.50. The van der Waals surface area contributed by atoms with Gasteiger partial charge in [0.25, 0.3) is 0 Å². The molecule has 17 heavy (non-hydrogen) atoms. The van der Waals surface area contributed by atoms with Crippen molar-refractivity contribution in [3.8, 4) is 0 Å². The molecule has 0 heterocycles. The summed E-state index contributed by atoms with van der Waals surface area (Å²) in [6.45, 7) is 9.59. The number of benzene rings is 1. The van der Waals surface area contributed by atoms with Crippen molar-refractivity contribution >= 4 is 6.08 Å². The first-order valence-corrected chi connectivity index (χ1v) is 6.34. The molecule has 0 aliphatic heterocycles. The minimum Gasteiger partial charge on any atom is -0.377 e. The van der Waals surface area contributed by atoms with Gasteiger partial charge in [0.2, 0.25) is 0 Å². The van der Waals surface area contributed by atoms with E-state index < -0.39 is 0 Å². The van der Waals surface area contributed by atoms with Crippen molar-refractivity contribution in [3.63, 3.8) is 0 Å². The first kappa shape index (κ1) is 14.0. The van der Waals surface area contributed by atoms with Crippen LogP contribution < -0.4 is 0 Å². The summed E-state index contributed by atoms with van der Waals surface area (Å²) in [7, 11) is 0. The van der Waals surface area contributed by atoms with Crippen LogP contribution in [0.1, 0.15) is 36.0 Å². The fourth-order valence-electron chi connectivity index (χ4n) is 1.82. The third kappa shape index (κ3) is 6.28. The molecule has 1 radical (unpaired) electrons. The van der Waals surface area contributed by atoms with Crippen LogP contribution in [0, 0.1) is 20.8 Å². The van der Waals surface area contributed by atoms with E-state index >= 15 is 0 Å². The molecule has 0 unspecified atom stereocenters. The predicted molar refractivity (Wildman–Crippen MR) is 75.0 cm³/mol. The standard InChI is InChI=1S/C16H23O/c1-4-5-6-9-17-10-7-8-16-12-14(2)11-15(3)13-16/h7-8,11-13H,1,4-6,9-10H2,2-3H3. The monoisotopic (exact) mass is 231 g/mol. The minimum atomic E-state index is 0.699.